The number of fused-ring (bicyclic) bond motifs is 1. The normalized spacial score (nSPS) is 18.2. The molecule has 1 saturated heterocycles. The number of nitrogens with zero attached hydrogens (tertiary/aromatic N) is 2. The van der Waals surface area contributed by atoms with Gasteiger partial charge in [-0.3, -0.25) is 18.3 Å². The van der Waals surface area contributed by atoms with Crippen LogP contribution in [0.2, 0.25) is 0 Å². The molecule has 1 aliphatic carbocycles. The lowest BCUT2D eigenvalue weighted by Crippen LogP contribution is -2.41. The molecule has 3 heterocycles. The zero-order valence-corrected chi connectivity index (χ0v) is 25.4. The molecule has 43 heavy (non-hydrogen) atoms. The minimum Gasteiger partial charge on any atom is -0.755 e. The summed E-state index contributed by atoms with van der Waals surface area (Å²) in [4.78, 5) is 17.6. The molecule has 2 aliphatic rings. The van der Waals surface area contributed by atoms with Gasteiger partial charge in [-0.1, -0.05) is 6.07 Å². The predicted octanol–water partition coefficient (Wildman–Crippen LogP) is 4.97. The number of carbonyl (C=O) groups is 1. The van der Waals surface area contributed by atoms with Crippen LogP contribution in [0.15, 0.2) is 59.1 Å². The number of pyridine rings is 1. The zero-order valence-electron chi connectivity index (χ0n) is 24.6. The van der Waals surface area contributed by atoms with Crippen LogP contribution in [0.4, 0.5) is 10.1 Å². The van der Waals surface area contributed by atoms with Gasteiger partial charge in [0.05, 0.1) is 34.7 Å². The molecule has 0 radical (unpaired) electrons. The first-order valence-electron chi connectivity index (χ1n) is 14.1. The van der Waals surface area contributed by atoms with E-state index in [-0.39, 0.29) is 24.1 Å². The van der Waals surface area contributed by atoms with E-state index in [2.05, 4.69) is 10.3 Å². The van der Waals surface area contributed by atoms with Gasteiger partial charge in [-0.25, -0.2) is 4.39 Å². The third-order valence-electron chi connectivity index (χ3n) is 8.54. The van der Waals surface area contributed by atoms with Gasteiger partial charge in [-0.05, 0) is 88.4 Å². The number of carbonyl (C=O) groups excluding carboxylic acids is 1. The molecule has 4 aromatic rings. The van der Waals surface area contributed by atoms with Crippen molar-refractivity contribution in [1.82, 2.24) is 10.3 Å². The average molecular weight is 604 g/mol. The molecule has 1 N–H and O–H groups in total. The average Bonchev–Trinajstić information content (AvgIpc) is 3.70. The van der Waals surface area contributed by atoms with Crippen molar-refractivity contribution in [2.24, 2.45) is 0 Å². The van der Waals surface area contributed by atoms with E-state index in [0.717, 1.165) is 23.9 Å². The first kappa shape index (κ1) is 29.5. The van der Waals surface area contributed by atoms with Gasteiger partial charge in [0, 0.05) is 47.0 Å². The van der Waals surface area contributed by atoms with Gasteiger partial charge in [0.2, 0.25) is 0 Å². The molecule has 224 valence electrons. The second-order valence-electron chi connectivity index (χ2n) is 12.0. The monoisotopic (exact) mass is 604 g/mol. The molecule has 1 atom stereocenters. The number of amides is 1. The highest BCUT2D eigenvalue weighted by Gasteiger charge is 2.51. The first-order chi connectivity index (χ1) is 20.4. The minimum atomic E-state index is -2.64. The van der Waals surface area contributed by atoms with E-state index in [1.165, 1.54) is 23.5 Å². The van der Waals surface area contributed by atoms with Gasteiger partial charge < -0.3 is 23.6 Å². The van der Waals surface area contributed by atoms with Crippen molar-refractivity contribution >= 4 is 46.4 Å². The van der Waals surface area contributed by atoms with Gasteiger partial charge in [0.15, 0.2) is 0 Å². The van der Waals surface area contributed by atoms with Crippen LogP contribution in [0.1, 0.15) is 68.1 Å². The summed E-state index contributed by atoms with van der Waals surface area (Å²) >= 11 is -2.64. The Labute approximate surface area is 252 Å². The highest BCUT2D eigenvalue weighted by molar-refractivity contribution is 7.80. The van der Waals surface area contributed by atoms with Gasteiger partial charge in [0.1, 0.15) is 17.2 Å². The summed E-state index contributed by atoms with van der Waals surface area (Å²) in [6.07, 6.45) is 3.44. The Kier molecular flexibility index (Phi) is 7.44. The summed E-state index contributed by atoms with van der Waals surface area (Å²) in [5.41, 5.74) is 2.73. The molecule has 0 bridgehead atoms. The van der Waals surface area contributed by atoms with Crippen LogP contribution in [0.5, 0.6) is 0 Å². The molecule has 0 spiro atoms. The Morgan fingerprint density at radius 3 is 2.35 bits per heavy atom. The van der Waals surface area contributed by atoms with Crippen molar-refractivity contribution in [3.8, 4) is 11.3 Å². The van der Waals surface area contributed by atoms with E-state index in [9.17, 15) is 17.9 Å². The molecule has 2 aromatic carbocycles. The summed E-state index contributed by atoms with van der Waals surface area (Å²) < 4.78 is 58.6. The van der Waals surface area contributed by atoms with Crippen molar-refractivity contribution in [1.29, 1.82) is 0 Å². The number of aromatic nitrogens is 1. The van der Waals surface area contributed by atoms with E-state index in [1.807, 2.05) is 39.8 Å². The van der Waals surface area contributed by atoms with Crippen molar-refractivity contribution in [3.63, 3.8) is 0 Å². The summed E-state index contributed by atoms with van der Waals surface area (Å²) in [6.45, 7) is 7.89. The van der Waals surface area contributed by atoms with Crippen LogP contribution in [-0.2, 0) is 27.1 Å². The zero-order chi connectivity index (χ0) is 30.7. The Bertz CT molecular complexity index is 1700. The predicted molar refractivity (Wildman–Crippen MR) is 162 cm³/mol. The lowest BCUT2D eigenvalue weighted by atomic mass is 9.80. The maximum Gasteiger partial charge on any atom is 0.496 e. The molecule has 2 fully saturated rings. The van der Waals surface area contributed by atoms with E-state index < -0.39 is 35.4 Å². The number of furan rings is 1. The Morgan fingerprint density at radius 1 is 1.12 bits per heavy atom. The molecule has 1 unspecified atom stereocenters. The topological polar surface area (TPSA) is 117 Å². The Morgan fingerprint density at radius 2 is 1.79 bits per heavy atom. The maximum atomic E-state index is 13.6. The largest absolute Gasteiger partial charge is 0.755 e. The van der Waals surface area contributed by atoms with Gasteiger partial charge in [0.25, 0.3) is 5.91 Å². The van der Waals surface area contributed by atoms with E-state index in [4.69, 9.17) is 13.7 Å². The van der Waals surface area contributed by atoms with Crippen LogP contribution in [-0.4, -0.2) is 45.0 Å². The van der Waals surface area contributed by atoms with E-state index >= 15 is 0 Å². The molecule has 9 nitrogen and oxygen atoms in total. The summed E-state index contributed by atoms with van der Waals surface area (Å²) in [5, 5.41) is 3.22. The number of hydrogen-bond acceptors (Lipinski definition) is 7. The van der Waals surface area contributed by atoms with Crippen LogP contribution < -0.4 is 15.1 Å². The van der Waals surface area contributed by atoms with Crippen LogP contribution in [0, 0.1) is 5.82 Å². The van der Waals surface area contributed by atoms with Crippen molar-refractivity contribution < 1.29 is 31.7 Å². The lowest BCUT2D eigenvalue weighted by Gasteiger charge is -2.32. The summed E-state index contributed by atoms with van der Waals surface area (Å²) in [7, 11) is 0.947. The second-order valence-corrected chi connectivity index (χ2v) is 12.9. The highest BCUT2D eigenvalue weighted by atomic mass is 32.2. The fourth-order valence-electron chi connectivity index (χ4n) is 5.25. The molecule has 1 amide bonds. The Balaban J connectivity index is 1.37. The number of halogens is 1. The molecular formula is C31H32BFN3O6S-. The standard InChI is InChI=1S/C31H33BFN3O6S/c1-30(2)31(3,4)42-32(41-30)20-10-13-22(35-16-20)17-36(43(38)39)25-15-26-24(14-23(25)18-6-7-18)27(29(37)34-5)28(40-26)19-8-11-21(33)12-9-19/h8-16,18H,6-7,17H2,1-5H3,(H,34,37)(H,38,39)/p-1. The van der Waals surface area contributed by atoms with Gasteiger partial charge in [-0.2, -0.15) is 0 Å². The highest BCUT2D eigenvalue weighted by Crippen LogP contribution is 2.48. The smallest absolute Gasteiger partial charge is 0.496 e. The van der Waals surface area contributed by atoms with Gasteiger partial charge >= 0.3 is 7.12 Å². The van der Waals surface area contributed by atoms with Crippen LogP contribution in [0.25, 0.3) is 22.3 Å². The first-order valence-corrected chi connectivity index (χ1v) is 15.2. The van der Waals surface area contributed by atoms with Crippen molar-refractivity contribution in [2.45, 2.75) is 64.2 Å². The Hall–Kier alpha value is -3.58. The van der Waals surface area contributed by atoms with Crippen LogP contribution in [0.3, 0.4) is 0 Å². The fourth-order valence-corrected chi connectivity index (χ4v) is 5.81. The molecule has 2 aromatic heterocycles. The molecule has 12 heteroatoms. The van der Waals surface area contributed by atoms with Gasteiger partial charge in [-0.15, -0.1) is 0 Å². The molecule has 1 aliphatic heterocycles. The molecule has 1 saturated carbocycles. The van der Waals surface area contributed by atoms with E-state index in [1.54, 1.807) is 30.5 Å². The number of benzene rings is 2. The SMILES string of the molecule is CNC(=O)c1c(-c2ccc(F)cc2)oc2cc(N(Cc3ccc(B4OC(C)(C)C(C)(C)O4)cn3)S(=O)[O-])c(C3CC3)cc12. The molecule has 6 rings (SSSR count). The minimum absolute atomic E-state index is 0.0151. The molecular weight excluding hydrogens is 572 g/mol. The number of anilines is 1. The number of hydrogen-bond donors (Lipinski definition) is 1. The third-order valence-corrected chi connectivity index (χ3v) is 9.23. The number of rotatable bonds is 8. The maximum absolute atomic E-state index is 13.6. The lowest BCUT2D eigenvalue weighted by molar-refractivity contribution is 0.00578. The quantitative estimate of drug-likeness (QED) is 0.223. The second kappa shape index (κ2) is 10.9. The van der Waals surface area contributed by atoms with Crippen molar-refractivity contribution in [2.75, 3.05) is 11.4 Å². The third kappa shape index (κ3) is 5.48. The number of nitrogens with one attached hydrogen (secondary N) is 1. The van der Waals surface area contributed by atoms with Crippen molar-refractivity contribution in [3.05, 3.63) is 77.4 Å². The van der Waals surface area contributed by atoms with Crippen LogP contribution >= 0.6 is 0 Å². The summed E-state index contributed by atoms with van der Waals surface area (Å²) in [5.74, 6) is -0.345. The van der Waals surface area contributed by atoms with E-state index in [0.29, 0.717) is 33.5 Å². The fraction of sp³-hybridized carbons (Fsp3) is 0.355. The summed E-state index contributed by atoms with van der Waals surface area (Å²) in [6, 6.07) is 12.8.